The highest BCUT2D eigenvalue weighted by atomic mass is 16.6. The highest BCUT2D eigenvalue weighted by molar-refractivity contribution is 5.90. The number of para-hydroxylation sites is 1. The molecule has 3 nitrogen and oxygen atoms in total. The summed E-state index contributed by atoms with van der Waals surface area (Å²) in [6.07, 6.45) is 2.71. The van der Waals surface area contributed by atoms with Gasteiger partial charge in [-0.3, -0.25) is 4.90 Å². The second-order valence-electron chi connectivity index (χ2n) is 5.64. The first kappa shape index (κ1) is 14.6. The SMILES string of the molecule is CCC1CCc2ccccc2N1C(=O)OCc1ccccc1. The van der Waals surface area contributed by atoms with E-state index in [4.69, 9.17) is 4.74 Å². The highest BCUT2D eigenvalue weighted by Crippen LogP contribution is 2.32. The summed E-state index contributed by atoms with van der Waals surface area (Å²) in [5.74, 6) is 0. The van der Waals surface area contributed by atoms with Gasteiger partial charge in [0.15, 0.2) is 0 Å². The number of carbonyl (C=O) groups excluding carboxylic acids is 1. The van der Waals surface area contributed by atoms with Gasteiger partial charge in [-0.1, -0.05) is 55.5 Å². The number of amides is 1. The van der Waals surface area contributed by atoms with Crippen LogP contribution in [-0.4, -0.2) is 12.1 Å². The molecule has 22 heavy (non-hydrogen) atoms. The summed E-state index contributed by atoms with van der Waals surface area (Å²) in [4.78, 5) is 14.4. The fourth-order valence-corrected chi connectivity index (χ4v) is 3.03. The van der Waals surface area contributed by atoms with Crippen LogP contribution in [-0.2, 0) is 17.8 Å². The Balaban J connectivity index is 1.77. The van der Waals surface area contributed by atoms with Crippen molar-refractivity contribution in [2.24, 2.45) is 0 Å². The molecule has 3 heteroatoms. The minimum atomic E-state index is -0.247. The summed E-state index contributed by atoms with van der Waals surface area (Å²) in [5, 5.41) is 0. The summed E-state index contributed by atoms with van der Waals surface area (Å²) in [6, 6.07) is 18.1. The van der Waals surface area contributed by atoms with Gasteiger partial charge in [-0.2, -0.15) is 0 Å². The molecule has 0 aromatic heterocycles. The molecule has 0 saturated heterocycles. The number of hydrogen-bond acceptors (Lipinski definition) is 2. The number of aryl methyl sites for hydroxylation is 1. The number of anilines is 1. The first-order valence-electron chi connectivity index (χ1n) is 7.87. The molecule has 114 valence electrons. The molecule has 2 aromatic rings. The van der Waals surface area contributed by atoms with Gasteiger partial charge in [0.25, 0.3) is 0 Å². The van der Waals surface area contributed by atoms with E-state index in [2.05, 4.69) is 13.0 Å². The minimum Gasteiger partial charge on any atom is -0.444 e. The average Bonchev–Trinajstić information content (AvgIpc) is 2.59. The van der Waals surface area contributed by atoms with Crippen molar-refractivity contribution in [1.82, 2.24) is 0 Å². The topological polar surface area (TPSA) is 29.5 Å². The van der Waals surface area contributed by atoms with E-state index in [1.807, 2.05) is 53.4 Å². The van der Waals surface area contributed by atoms with Crippen molar-refractivity contribution in [2.75, 3.05) is 4.90 Å². The number of carbonyl (C=O) groups is 1. The van der Waals surface area contributed by atoms with Crippen molar-refractivity contribution in [2.45, 2.75) is 38.8 Å². The zero-order chi connectivity index (χ0) is 15.4. The average molecular weight is 295 g/mol. The van der Waals surface area contributed by atoms with E-state index in [1.54, 1.807) is 0 Å². The molecule has 1 aliphatic heterocycles. The zero-order valence-corrected chi connectivity index (χ0v) is 12.9. The standard InChI is InChI=1S/C19H21NO2/c1-2-17-13-12-16-10-6-7-11-18(16)20(17)19(21)22-14-15-8-4-3-5-9-15/h3-11,17H,2,12-14H2,1H3. The van der Waals surface area contributed by atoms with Crippen LogP contribution in [0.1, 0.15) is 30.9 Å². The molecular formula is C19H21NO2. The molecule has 1 heterocycles. The lowest BCUT2D eigenvalue weighted by molar-refractivity contribution is 0.143. The number of benzene rings is 2. The number of nitrogens with zero attached hydrogens (tertiary/aromatic N) is 1. The Morgan fingerprint density at radius 3 is 2.64 bits per heavy atom. The van der Waals surface area contributed by atoms with E-state index in [-0.39, 0.29) is 12.1 Å². The summed E-state index contributed by atoms with van der Waals surface area (Å²) in [5.41, 5.74) is 3.23. The smallest absolute Gasteiger partial charge is 0.414 e. The van der Waals surface area contributed by atoms with Crippen molar-refractivity contribution < 1.29 is 9.53 Å². The van der Waals surface area contributed by atoms with Gasteiger partial charge in [0.05, 0.1) is 5.69 Å². The van der Waals surface area contributed by atoms with Crippen LogP contribution in [0.4, 0.5) is 10.5 Å². The van der Waals surface area contributed by atoms with Crippen molar-refractivity contribution in [3.05, 3.63) is 65.7 Å². The highest BCUT2D eigenvalue weighted by Gasteiger charge is 2.30. The van der Waals surface area contributed by atoms with Gasteiger partial charge in [-0.15, -0.1) is 0 Å². The Hall–Kier alpha value is -2.29. The van der Waals surface area contributed by atoms with Gasteiger partial charge in [0.2, 0.25) is 0 Å². The number of hydrogen-bond donors (Lipinski definition) is 0. The normalized spacial score (nSPS) is 17.0. The number of rotatable bonds is 3. The Labute approximate surface area is 131 Å². The van der Waals surface area contributed by atoms with Crippen LogP contribution >= 0.6 is 0 Å². The summed E-state index contributed by atoms with van der Waals surface area (Å²) >= 11 is 0. The number of ether oxygens (including phenoxy) is 1. The second kappa shape index (κ2) is 6.65. The summed E-state index contributed by atoms with van der Waals surface area (Å²) in [6.45, 7) is 2.44. The van der Waals surface area contributed by atoms with E-state index < -0.39 is 0 Å². The van der Waals surface area contributed by atoms with Crippen molar-refractivity contribution >= 4 is 11.8 Å². The lowest BCUT2D eigenvalue weighted by Crippen LogP contribution is -2.43. The van der Waals surface area contributed by atoms with Crippen molar-refractivity contribution in [3.8, 4) is 0 Å². The summed E-state index contributed by atoms with van der Waals surface area (Å²) < 4.78 is 5.54. The first-order chi connectivity index (χ1) is 10.8. The Morgan fingerprint density at radius 1 is 1.14 bits per heavy atom. The Bertz CT molecular complexity index is 639. The third-order valence-electron chi connectivity index (χ3n) is 4.24. The predicted octanol–water partition coefficient (Wildman–Crippen LogP) is 4.55. The lowest BCUT2D eigenvalue weighted by Gasteiger charge is -2.36. The van der Waals surface area contributed by atoms with Gasteiger partial charge < -0.3 is 4.74 Å². The van der Waals surface area contributed by atoms with Gasteiger partial charge in [-0.05, 0) is 36.5 Å². The third kappa shape index (κ3) is 2.98. The van der Waals surface area contributed by atoms with Crippen LogP contribution in [0, 0.1) is 0 Å². The molecule has 1 aliphatic rings. The zero-order valence-electron chi connectivity index (χ0n) is 12.9. The molecule has 1 amide bonds. The van der Waals surface area contributed by atoms with E-state index in [1.165, 1.54) is 5.56 Å². The van der Waals surface area contributed by atoms with E-state index in [0.29, 0.717) is 6.61 Å². The molecule has 0 aliphatic carbocycles. The van der Waals surface area contributed by atoms with Crippen LogP contribution in [0.3, 0.4) is 0 Å². The maximum atomic E-state index is 12.6. The van der Waals surface area contributed by atoms with Crippen LogP contribution < -0.4 is 4.90 Å². The molecule has 2 aromatic carbocycles. The molecule has 0 radical (unpaired) electrons. The predicted molar refractivity (Wildman–Crippen MR) is 87.9 cm³/mol. The Morgan fingerprint density at radius 2 is 1.86 bits per heavy atom. The first-order valence-corrected chi connectivity index (χ1v) is 7.87. The van der Waals surface area contributed by atoms with E-state index in [0.717, 1.165) is 30.5 Å². The molecule has 1 atom stereocenters. The molecular weight excluding hydrogens is 274 g/mol. The summed E-state index contributed by atoms with van der Waals surface area (Å²) in [7, 11) is 0. The van der Waals surface area contributed by atoms with Gasteiger partial charge in [-0.25, -0.2) is 4.79 Å². The largest absolute Gasteiger partial charge is 0.444 e. The van der Waals surface area contributed by atoms with Crippen LogP contribution in [0.5, 0.6) is 0 Å². The maximum Gasteiger partial charge on any atom is 0.414 e. The fourth-order valence-electron chi connectivity index (χ4n) is 3.03. The van der Waals surface area contributed by atoms with Gasteiger partial charge in [0.1, 0.15) is 6.61 Å². The van der Waals surface area contributed by atoms with E-state index >= 15 is 0 Å². The molecule has 0 spiro atoms. The molecule has 0 bridgehead atoms. The van der Waals surface area contributed by atoms with E-state index in [9.17, 15) is 4.79 Å². The molecule has 3 rings (SSSR count). The second-order valence-corrected chi connectivity index (χ2v) is 5.64. The fraction of sp³-hybridized carbons (Fsp3) is 0.316. The van der Waals surface area contributed by atoms with Crippen molar-refractivity contribution in [3.63, 3.8) is 0 Å². The van der Waals surface area contributed by atoms with Crippen molar-refractivity contribution in [1.29, 1.82) is 0 Å². The lowest BCUT2D eigenvalue weighted by atomic mass is 9.95. The molecule has 0 saturated carbocycles. The van der Waals surface area contributed by atoms with Crippen LogP contribution in [0.2, 0.25) is 0 Å². The third-order valence-corrected chi connectivity index (χ3v) is 4.24. The number of fused-ring (bicyclic) bond motifs is 1. The minimum absolute atomic E-state index is 0.221. The van der Waals surface area contributed by atoms with Crippen LogP contribution in [0.15, 0.2) is 54.6 Å². The Kier molecular flexibility index (Phi) is 4.42. The maximum absolute atomic E-state index is 12.6. The quantitative estimate of drug-likeness (QED) is 0.831. The molecule has 0 N–H and O–H groups in total. The van der Waals surface area contributed by atoms with Crippen LogP contribution in [0.25, 0.3) is 0 Å². The monoisotopic (exact) mass is 295 g/mol. The molecule has 1 unspecified atom stereocenters. The van der Waals surface area contributed by atoms with Gasteiger partial charge in [0, 0.05) is 6.04 Å². The van der Waals surface area contributed by atoms with Gasteiger partial charge >= 0.3 is 6.09 Å². The molecule has 0 fully saturated rings.